The maximum absolute atomic E-state index is 13.4. The molecular formula is C13H18FN3O2. The molecular weight excluding hydrogens is 249 g/mol. The van der Waals surface area contributed by atoms with Crippen LogP contribution in [0.2, 0.25) is 0 Å². The van der Waals surface area contributed by atoms with Crippen molar-refractivity contribution in [1.29, 1.82) is 0 Å². The van der Waals surface area contributed by atoms with Crippen molar-refractivity contribution in [3.05, 3.63) is 23.9 Å². The summed E-state index contributed by atoms with van der Waals surface area (Å²) in [7, 11) is 0. The Balaban J connectivity index is 2.12. The Hall–Kier alpha value is -1.69. The summed E-state index contributed by atoms with van der Waals surface area (Å²) in [4.78, 5) is 17.5. The molecule has 1 aromatic rings. The molecule has 104 valence electrons. The van der Waals surface area contributed by atoms with Crippen LogP contribution in [0.25, 0.3) is 0 Å². The van der Waals surface area contributed by atoms with E-state index in [-0.39, 0.29) is 25.1 Å². The number of anilines is 1. The largest absolute Gasteiger partial charge is 0.394 e. The minimum absolute atomic E-state index is 0.0971. The average molecular weight is 267 g/mol. The van der Waals surface area contributed by atoms with Crippen LogP contribution in [0.4, 0.5) is 10.2 Å². The van der Waals surface area contributed by atoms with Crippen molar-refractivity contribution < 1.29 is 14.3 Å². The Morgan fingerprint density at radius 1 is 1.63 bits per heavy atom. The fourth-order valence-electron chi connectivity index (χ4n) is 2.27. The van der Waals surface area contributed by atoms with E-state index in [9.17, 15) is 14.3 Å². The van der Waals surface area contributed by atoms with Gasteiger partial charge in [-0.15, -0.1) is 0 Å². The number of hydrogen-bond acceptors (Lipinski definition) is 4. The van der Waals surface area contributed by atoms with Crippen LogP contribution < -0.4 is 10.2 Å². The summed E-state index contributed by atoms with van der Waals surface area (Å²) < 4.78 is 13.4. The maximum atomic E-state index is 13.4. The number of carbonyl (C=O) groups is 1. The van der Waals surface area contributed by atoms with Gasteiger partial charge in [0.15, 0.2) is 0 Å². The number of nitrogens with one attached hydrogen (secondary N) is 1. The van der Waals surface area contributed by atoms with Crippen LogP contribution in [0.1, 0.15) is 23.7 Å². The number of nitrogens with zero attached hydrogens (tertiary/aromatic N) is 2. The third-order valence-corrected chi connectivity index (χ3v) is 3.22. The number of carbonyl (C=O) groups excluding carboxylic acids is 1. The predicted octanol–water partition coefficient (Wildman–Crippen LogP) is 0.740. The zero-order valence-corrected chi connectivity index (χ0v) is 10.8. The first kappa shape index (κ1) is 13.7. The Morgan fingerprint density at radius 3 is 3.00 bits per heavy atom. The quantitative estimate of drug-likeness (QED) is 0.844. The van der Waals surface area contributed by atoms with Gasteiger partial charge in [-0.25, -0.2) is 9.37 Å². The van der Waals surface area contributed by atoms with Gasteiger partial charge in [-0.1, -0.05) is 0 Å². The van der Waals surface area contributed by atoms with Crippen LogP contribution >= 0.6 is 0 Å². The van der Waals surface area contributed by atoms with Crippen LogP contribution in [0.3, 0.4) is 0 Å². The minimum Gasteiger partial charge on any atom is -0.394 e. The molecule has 0 aromatic carbocycles. The SMILES string of the molecule is CCNC(=O)c1ccc(N2C[C@@H](F)C[C@H]2CO)nc1. The number of aliphatic hydroxyl groups is 1. The first-order valence-corrected chi connectivity index (χ1v) is 6.41. The average Bonchev–Trinajstić information content (AvgIpc) is 2.80. The van der Waals surface area contributed by atoms with Gasteiger partial charge in [0.2, 0.25) is 0 Å². The van der Waals surface area contributed by atoms with Gasteiger partial charge in [0.05, 0.1) is 24.8 Å². The second-order valence-corrected chi connectivity index (χ2v) is 4.59. The lowest BCUT2D eigenvalue weighted by molar-refractivity contribution is 0.0955. The molecule has 6 heteroatoms. The van der Waals surface area contributed by atoms with Crippen molar-refractivity contribution in [2.24, 2.45) is 0 Å². The number of rotatable bonds is 4. The van der Waals surface area contributed by atoms with Crippen molar-refractivity contribution in [3.8, 4) is 0 Å². The molecule has 2 heterocycles. The third-order valence-electron chi connectivity index (χ3n) is 3.22. The highest BCUT2D eigenvalue weighted by molar-refractivity contribution is 5.94. The van der Waals surface area contributed by atoms with Crippen LogP contribution in [0.15, 0.2) is 18.3 Å². The lowest BCUT2D eigenvalue weighted by Gasteiger charge is -2.23. The van der Waals surface area contributed by atoms with E-state index in [0.29, 0.717) is 24.3 Å². The highest BCUT2D eigenvalue weighted by atomic mass is 19.1. The second kappa shape index (κ2) is 5.97. The minimum atomic E-state index is -0.943. The maximum Gasteiger partial charge on any atom is 0.252 e. The van der Waals surface area contributed by atoms with E-state index in [0.717, 1.165) is 0 Å². The third kappa shape index (κ3) is 3.01. The van der Waals surface area contributed by atoms with Crippen molar-refractivity contribution >= 4 is 11.7 Å². The normalized spacial score (nSPS) is 22.6. The van der Waals surface area contributed by atoms with Gasteiger partial charge in [-0.3, -0.25) is 4.79 Å². The standard InChI is InChI=1S/C13H18FN3O2/c1-2-15-13(19)9-3-4-12(16-6-9)17-7-10(14)5-11(17)8-18/h3-4,6,10-11,18H,2,5,7-8H2,1H3,(H,15,19)/t10-,11-/m0/s1. The number of halogens is 1. The van der Waals surface area contributed by atoms with Crippen molar-refractivity contribution in [1.82, 2.24) is 10.3 Å². The van der Waals surface area contributed by atoms with Gasteiger partial charge in [0, 0.05) is 19.2 Å². The molecule has 0 spiro atoms. The van der Waals surface area contributed by atoms with E-state index in [1.165, 1.54) is 6.20 Å². The Morgan fingerprint density at radius 2 is 2.42 bits per heavy atom. The molecule has 0 bridgehead atoms. The Labute approximate surface area is 111 Å². The van der Waals surface area contributed by atoms with Crippen LogP contribution in [0.5, 0.6) is 0 Å². The number of amides is 1. The zero-order chi connectivity index (χ0) is 13.8. The first-order valence-electron chi connectivity index (χ1n) is 6.41. The predicted molar refractivity (Wildman–Crippen MR) is 70.0 cm³/mol. The molecule has 1 aromatic heterocycles. The summed E-state index contributed by atoms with van der Waals surface area (Å²) >= 11 is 0. The Bertz CT molecular complexity index is 438. The van der Waals surface area contributed by atoms with Gasteiger partial charge in [-0.05, 0) is 19.1 Å². The lowest BCUT2D eigenvalue weighted by atomic mass is 10.2. The zero-order valence-electron chi connectivity index (χ0n) is 10.8. The van der Waals surface area contributed by atoms with Crippen molar-refractivity contribution in [2.45, 2.75) is 25.6 Å². The summed E-state index contributed by atoms with van der Waals surface area (Å²) in [5, 5.41) is 11.9. The smallest absolute Gasteiger partial charge is 0.252 e. The van der Waals surface area contributed by atoms with Crippen molar-refractivity contribution in [2.75, 3.05) is 24.6 Å². The highest BCUT2D eigenvalue weighted by Crippen LogP contribution is 2.25. The number of pyridine rings is 1. The second-order valence-electron chi connectivity index (χ2n) is 4.59. The van der Waals surface area contributed by atoms with Gasteiger partial charge < -0.3 is 15.3 Å². The number of alkyl halides is 1. The Kier molecular flexibility index (Phi) is 4.31. The molecule has 1 amide bonds. The van der Waals surface area contributed by atoms with Crippen LogP contribution in [-0.2, 0) is 0 Å². The van der Waals surface area contributed by atoms with Crippen LogP contribution in [-0.4, -0.2) is 47.9 Å². The number of aromatic nitrogens is 1. The number of aliphatic hydroxyl groups excluding tert-OH is 1. The molecule has 1 aliphatic rings. The summed E-state index contributed by atoms with van der Waals surface area (Å²) in [5.74, 6) is 0.414. The lowest BCUT2D eigenvalue weighted by Crippen LogP contribution is -2.33. The van der Waals surface area contributed by atoms with Gasteiger partial charge >= 0.3 is 0 Å². The first-order chi connectivity index (χ1) is 9.15. The molecule has 0 aliphatic carbocycles. The van der Waals surface area contributed by atoms with E-state index in [2.05, 4.69) is 10.3 Å². The molecule has 1 fully saturated rings. The van der Waals surface area contributed by atoms with E-state index in [1.54, 1.807) is 17.0 Å². The van der Waals surface area contributed by atoms with Crippen molar-refractivity contribution in [3.63, 3.8) is 0 Å². The molecule has 2 N–H and O–H groups in total. The van der Waals surface area contributed by atoms with E-state index >= 15 is 0 Å². The molecule has 0 saturated carbocycles. The van der Waals surface area contributed by atoms with Gasteiger partial charge in [0.1, 0.15) is 12.0 Å². The molecule has 0 radical (unpaired) electrons. The fraction of sp³-hybridized carbons (Fsp3) is 0.538. The molecule has 2 atom stereocenters. The van der Waals surface area contributed by atoms with Gasteiger partial charge in [0.25, 0.3) is 5.91 Å². The summed E-state index contributed by atoms with van der Waals surface area (Å²) in [5.41, 5.74) is 0.474. The topological polar surface area (TPSA) is 65.5 Å². The fourth-order valence-corrected chi connectivity index (χ4v) is 2.27. The van der Waals surface area contributed by atoms with Crippen LogP contribution in [0, 0.1) is 0 Å². The van der Waals surface area contributed by atoms with E-state index in [4.69, 9.17) is 0 Å². The summed E-state index contributed by atoms with van der Waals surface area (Å²) in [6.45, 7) is 2.54. The summed E-state index contributed by atoms with van der Waals surface area (Å²) in [6.07, 6.45) is 0.846. The van der Waals surface area contributed by atoms with E-state index < -0.39 is 6.17 Å². The molecule has 2 rings (SSSR count). The highest BCUT2D eigenvalue weighted by Gasteiger charge is 2.32. The monoisotopic (exact) mass is 267 g/mol. The molecule has 0 unspecified atom stereocenters. The molecule has 1 aliphatic heterocycles. The van der Waals surface area contributed by atoms with Gasteiger partial charge in [-0.2, -0.15) is 0 Å². The molecule has 5 nitrogen and oxygen atoms in total. The number of hydrogen-bond donors (Lipinski definition) is 2. The molecule has 1 saturated heterocycles. The summed E-state index contributed by atoms with van der Waals surface area (Å²) in [6, 6.07) is 3.11. The molecule has 19 heavy (non-hydrogen) atoms. The van der Waals surface area contributed by atoms with E-state index in [1.807, 2.05) is 6.92 Å².